The summed E-state index contributed by atoms with van der Waals surface area (Å²) >= 11 is 5.77. The van der Waals surface area contributed by atoms with Crippen LogP contribution in [0.2, 0.25) is 5.22 Å². The van der Waals surface area contributed by atoms with Crippen LogP contribution in [0, 0.1) is 0 Å². The number of hydrogen-bond acceptors (Lipinski definition) is 4. The van der Waals surface area contributed by atoms with Crippen molar-refractivity contribution in [1.29, 1.82) is 0 Å². The molecule has 0 saturated heterocycles. The van der Waals surface area contributed by atoms with Crippen LogP contribution in [-0.2, 0) is 0 Å². The van der Waals surface area contributed by atoms with Crippen LogP contribution in [0.3, 0.4) is 0 Å². The van der Waals surface area contributed by atoms with Crippen molar-refractivity contribution < 1.29 is 14.3 Å². The Morgan fingerprint density at radius 1 is 1.56 bits per heavy atom. The number of benzene rings is 1. The second-order valence-electron chi connectivity index (χ2n) is 3.45. The predicted molar refractivity (Wildman–Crippen MR) is 61.8 cm³/mol. The van der Waals surface area contributed by atoms with Gasteiger partial charge < -0.3 is 20.0 Å². The van der Waals surface area contributed by atoms with E-state index in [2.05, 4.69) is 0 Å². The van der Waals surface area contributed by atoms with Crippen LogP contribution in [0.25, 0.3) is 11.0 Å². The van der Waals surface area contributed by atoms with Crippen LogP contribution in [0.1, 0.15) is 11.6 Å². The molecule has 0 aliphatic rings. The zero-order valence-electron chi connectivity index (χ0n) is 8.74. The summed E-state index contributed by atoms with van der Waals surface area (Å²) in [6, 6.07) is 4.84. The van der Waals surface area contributed by atoms with E-state index in [0.29, 0.717) is 22.1 Å². The van der Waals surface area contributed by atoms with Gasteiger partial charge in [-0.25, -0.2) is 0 Å². The van der Waals surface area contributed by atoms with Crippen molar-refractivity contribution >= 4 is 22.6 Å². The van der Waals surface area contributed by atoms with Crippen molar-refractivity contribution in [3.63, 3.8) is 0 Å². The lowest BCUT2D eigenvalue weighted by Gasteiger charge is -2.13. The molecule has 1 unspecified atom stereocenters. The van der Waals surface area contributed by atoms with Gasteiger partial charge >= 0.3 is 0 Å². The Morgan fingerprint density at radius 2 is 2.31 bits per heavy atom. The normalized spacial score (nSPS) is 13.0. The minimum absolute atomic E-state index is 0.156. The van der Waals surface area contributed by atoms with Gasteiger partial charge in [0.1, 0.15) is 0 Å². The predicted octanol–water partition coefficient (Wildman–Crippen LogP) is 2.09. The zero-order valence-corrected chi connectivity index (χ0v) is 9.49. The fraction of sp³-hybridized carbons (Fsp3) is 0.273. The lowest BCUT2D eigenvalue weighted by molar-refractivity contribution is 0.264. The molecule has 4 nitrogen and oxygen atoms in total. The third-order valence-corrected chi connectivity index (χ3v) is 2.63. The third-order valence-electron chi connectivity index (χ3n) is 2.44. The van der Waals surface area contributed by atoms with Crippen LogP contribution in [-0.4, -0.2) is 18.8 Å². The summed E-state index contributed by atoms with van der Waals surface area (Å²) in [5.74, 6) is 0.519. The molecule has 1 aromatic heterocycles. The van der Waals surface area contributed by atoms with Gasteiger partial charge in [-0.3, -0.25) is 0 Å². The number of ether oxygens (including phenoxy) is 1. The first kappa shape index (κ1) is 11.3. The molecule has 0 amide bonds. The van der Waals surface area contributed by atoms with E-state index in [0.717, 1.165) is 5.39 Å². The molecule has 1 heterocycles. The zero-order chi connectivity index (χ0) is 11.7. The van der Waals surface area contributed by atoms with Gasteiger partial charge in [-0.05, 0) is 11.6 Å². The number of fused-ring (bicyclic) bond motifs is 1. The Hall–Kier alpha value is -1.23. The summed E-state index contributed by atoms with van der Waals surface area (Å²) in [5, 5.41) is 10.2. The Kier molecular flexibility index (Phi) is 3.05. The average Bonchev–Trinajstić information content (AvgIpc) is 2.66. The molecule has 16 heavy (non-hydrogen) atoms. The number of aliphatic hydroxyl groups is 1. The summed E-state index contributed by atoms with van der Waals surface area (Å²) in [4.78, 5) is 0. The SMILES string of the molecule is COc1c(C(N)CO)ccc2cc(Cl)oc12. The van der Waals surface area contributed by atoms with Gasteiger partial charge in [-0.1, -0.05) is 12.1 Å². The highest BCUT2D eigenvalue weighted by atomic mass is 35.5. The number of hydrogen-bond donors (Lipinski definition) is 2. The molecule has 0 radical (unpaired) electrons. The molecule has 2 rings (SSSR count). The van der Waals surface area contributed by atoms with Gasteiger partial charge in [0.25, 0.3) is 0 Å². The van der Waals surface area contributed by atoms with Crippen molar-refractivity contribution in [1.82, 2.24) is 0 Å². The average molecular weight is 242 g/mol. The Morgan fingerprint density at radius 3 is 2.94 bits per heavy atom. The number of halogens is 1. The highest BCUT2D eigenvalue weighted by Gasteiger charge is 2.17. The van der Waals surface area contributed by atoms with Crippen molar-refractivity contribution in [2.24, 2.45) is 5.73 Å². The Labute approximate surface area is 97.6 Å². The largest absolute Gasteiger partial charge is 0.492 e. The van der Waals surface area contributed by atoms with Crippen LogP contribution in [0.4, 0.5) is 0 Å². The van der Waals surface area contributed by atoms with E-state index < -0.39 is 6.04 Å². The standard InChI is InChI=1S/C11H12ClNO3/c1-15-11-7(8(13)5-14)3-2-6-4-9(12)16-10(6)11/h2-4,8,14H,5,13H2,1H3. The number of methoxy groups -OCH3 is 1. The maximum atomic E-state index is 9.05. The van der Waals surface area contributed by atoms with Gasteiger partial charge in [0.15, 0.2) is 16.6 Å². The molecule has 0 spiro atoms. The minimum Gasteiger partial charge on any atom is -0.492 e. The summed E-state index contributed by atoms with van der Waals surface area (Å²) in [5.41, 5.74) is 7.01. The maximum absolute atomic E-state index is 9.05. The lowest BCUT2D eigenvalue weighted by atomic mass is 10.1. The van der Waals surface area contributed by atoms with Crippen molar-refractivity contribution in [2.75, 3.05) is 13.7 Å². The molecule has 0 aliphatic carbocycles. The maximum Gasteiger partial charge on any atom is 0.194 e. The van der Waals surface area contributed by atoms with Gasteiger partial charge in [-0.2, -0.15) is 0 Å². The van der Waals surface area contributed by atoms with E-state index in [9.17, 15) is 0 Å². The van der Waals surface area contributed by atoms with Gasteiger partial charge in [0, 0.05) is 17.0 Å². The van der Waals surface area contributed by atoms with Crippen LogP contribution in [0.5, 0.6) is 5.75 Å². The van der Waals surface area contributed by atoms with Crippen LogP contribution < -0.4 is 10.5 Å². The molecule has 5 heteroatoms. The molecular formula is C11H12ClNO3. The van der Waals surface area contributed by atoms with Crippen molar-refractivity contribution in [3.05, 3.63) is 29.0 Å². The monoisotopic (exact) mass is 241 g/mol. The fourth-order valence-corrected chi connectivity index (χ4v) is 1.86. The Bertz CT molecular complexity index is 509. The van der Waals surface area contributed by atoms with E-state index in [1.54, 1.807) is 12.1 Å². The van der Waals surface area contributed by atoms with Crippen molar-refractivity contribution in [2.45, 2.75) is 6.04 Å². The summed E-state index contributed by atoms with van der Waals surface area (Å²) in [6.45, 7) is -0.156. The molecule has 0 fully saturated rings. The molecular weight excluding hydrogens is 230 g/mol. The summed E-state index contributed by atoms with van der Waals surface area (Å²) < 4.78 is 10.6. The van der Waals surface area contributed by atoms with Gasteiger partial charge in [0.05, 0.1) is 19.8 Å². The van der Waals surface area contributed by atoms with E-state index in [-0.39, 0.29) is 6.61 Å². The lowest BCUT2D eigenvalue weighted by Crippen LogP contribution is -2.15. The van der Waals surface area contributed by atoms with Crippen LogP contribution >= 0.6 is 11.6 Å². The molecule has 0 aliphatic heterocycles. The number of rotatable bonds is 3. The molecule has 1 atom stereocenters. The van der Waals surface area contributed by atoms with E-state index >= 15 is 0 Å². The van der Waals surface area contributed by atoms with E-state index in [1.165, 1.54) is 7.11 Å². The first-order chi connectivity index (χ1) is 7.67. The molecule has 0 saturated carbocycles. The molecule has 2 aromatic rings. The first-order valence-electron chi connectivity index (χ1n) is 4.79. The number of furan rings is 1. The van der Waals surface area contributed by atoms with Crippen LogP contribution in [0.15, 0.2) is 22.6 Å². The first-order valence-corrected chi connectivity index (χ1v) is 5.17. The number of aliphatic hydroxyl groups excluding tert-OH is 1. The van der Waals surface area contributed by atoms with Crippen molar-refractivity contribution in [3.8, 4) is 5.75 Å². The summed E-state index contributed by atoms with van der Waals surface area (Å²) in [7, 11) is 1.53. The molecule has 86 valence electrons. The fourth-order valence-electron chi connectivity index (χ4n) is 1.66. The molecule has 3 N–H and O–H groups in total. The Balaban J connectivity index is 2.66. The second kappa shape index (κ2) is 4.33. The minimum atomic E-state index is -0.497. The second-order valence-corrected chi connectivity index (χ2v) is 3.82. The number of nitrogens with two attached hydrogens (primary N) is 1. The van der Waals surface area contributed by atoms with Gasteiger partial charge in [0.2, 0.25) is 0 Å². The van der Waals surface area contributed by atoms with Gasteiger partial charge in [-0.15, -0.1) is 0 Å². The van der Waals surface area contributed by atoms with E-state index in [1.807, 2.05) is 6.07 Å². The third kappa shape index (κ3) is 1.75. The molecule has 0 bridgehead atoms. The quantitative estimate of drug-likeness (QED) is 0.863. The highest BCUT2D eigenvalue weighted by molar-refractivity contribution is 6.29. The topological polar surface area (TPSA) is 68.6 Å². The smallest absolute Gasteiger partial charge is 0.194 e. The summed E-state index contributed by atoms with van der Waals surface area (Å²) in [6.07, 6.45) is 0. The molecule has 1 aromatic carbocycles. The van der Waals surface area contributed by atoms with E-state index in [4.69, 9.17) is 31.6 Å². The highest BCUT2D eigenvalue weighted by Crippen LogP contribution is 2.35.